The summed E-state index contributed by atoms with van der Waals surface area (Å²) in [5.74, 6) is -0.279. The number of nitrogens with zero attached hydrogens (tertiary/aromatic N) is 1. The maximum atomic E-state index is 13.1. The molecule has 0 aromatic heterocycles. The molecular formula is C16H21F3N2O2. The van der Waals surface area contributed by atoms with Crippen LogP contribution in [0.4, 0.5) is 13.2 Å². The second-order valence-corrected chi connectivity index (χ2v) is 5.76. The normalized spacial score (nSPS) is 17.8. The van der Waals surface area contributed by atoms with Crippen LogP contribution in [0.2, 0.25) is 0 Å². The predicted molar refractivity (Wildman–Crippen MR) is 79.8 cm³/mol. The summed E-state index contributed by atoms with van der Waals surface area (Å²) in [5, 5.41) is 3.15. The van der Waals surface area contributed by atoms with Gasteiger partial charge in [-0.15, -0.1) is 0 Å². The van der Waals surface area contributed by atoms with E-state index in [1.165, 1.54) is 31.2 Å². The maximum absolute atomic E-state index is 13.1. The van der Waals surface area contributed by atoms with Gasteiger partial charge in [-0.3, -0.25) is 4.79 Å². The lowest BCUT2D eigenvalue weighted by Gasteiger charge is -2.37. The Morgan fingerprint density at radius 1 is 1.30 bits per heavy atom. The number of benzene rings is 1. The zero-order valence-electron chi connectivity index (χ0n) is 13.2. The lowest BCUT2D eigenvalue weighted by Crippen LogP contribution is -2.54. The number of carbonyl (C=O) groups excluding carboxylic acids is 1. The van der Waals surface area contributed by atoms with Crippen LogP contribution in [0.15, 0.2) is 24.3 Å². The van der Waals surface area contributed by atoms with Crippen LogP contribution >= 0.6 is 0 Å². The molecule has 0 spiro atoms. The van der Waals surface area contributed by atoms with Crippen molar-refractivity contribution in [1.82, 2.24) is 10.2 Å². The number of halogens is 3. The molecule has 0 aliphatic carbocycles. The molecule has 7 heteroatoms. The van der Waals surface area contributed by atoms with Crippen molar-refractivity contribution >= 4 is 5.91 Å². The summed E-state index contributed by atoms with van der Waals surface area (Å²) in [6.45, 7) is 1.19. The first kappa shape index (κ1) is 17.7. The van der Waals surface area contributed by atoms with Gasteiger partial charge in [0.25, 0.3) is 5.91 Å². The molecule has 1 heterocycles. The van der Waals surface area contributed by atoms with Gasteiger partial charge in [0, 0.05) is 20.7 Å². The summed E-state index contributed by atoms with van der Waals surface area (Å²) < 4.78 is 44.6. The van der Waals surface area contributed by atoms with E-state index in [-0.39, 0.29) is 18.0 Å². The molecule has 1 aromatic carbocycles. The standard InChI is InChI=1S/C16H21F3N2O2/c1-21(14(22)15(23-2)7-9-20-10-8-15)11-12-5-3-4-6-13(12)16(17,18)19/h3-6,20H,7-11H2,1-2H3. The molecule has 4 nitrogen and oxygen atoms in total. The van der Waals surface area contributed by atoms with Gasteiger partial charge in [0.2, 0.25) is 0 Å². The third-order valence-electron chi connectivity index (χ3n) is 4.27. The topological polar surface area (TPSA) is 41.6 Å². The monoisotopic (exact) mass is 330 g/mol. The Hall–Kier alpha value is -1.60. The van der Waals surface area contributed by atoms with E-state index in [9.17, 15) is 18.0 Å². The van der Waals surface area contributed by atoms with E-state index in [0.29, 0.717) is 25.9 Å². The second kappa shape index (κ2) is 6.88. The number of carbonyl (C=O) groups is 1. The highest BCUT2D eigenvalue weighted by atomic mass is 19.4. The lowest BCUT2D eigenvalue weighted by atomic mass is 9.90. The SMILES string of the molecule is COC1(C(=O)N(C)Cc2ccccc2C(F)(F)F)CCNCC1. The molecule has 0 bridgehead atoms. The van der Waals surface area contributed by atoms with Crippen LogP contribution in [-0.4, -0.2) is 43.7 Å². The third kappa shape index (κ3) is 3.84. The Kier molecular flexibility index (Phi) is 5.31. The quantitative estimate of drug-likeness (QED) is 0.922. The number of rotatable bonds is 4. The number of likely N-dealkylation sites (N-methyl/N-ethyl adjacent to an activating group) is 1. The van der Waals surface area contributed by atoms with Gasteiger partial charge in [0.05, 0.1) is 5.56 Å². The summed E-state index contributed by atoms with van der Waals surface area (Å²) in [5.41, 5.74) is -1.58. The first-order chi connectivity index (χ1) is 10.8. The molecular weight excluding hydrogens is 309 g/mol. The van der Waals surface area contributed by atoms with E-state index in [2.05, 4.69) is 5.32 Å². The van der Waals surface area contributed by atoms with Gasteiger partial charge >= 0.3 is 6.18 Å². The van der Waals surface area contributed by atoms with Crippen LogP contribution in [0.3, 0.4) is 0 Å². The van der Waals surface area contributed by atoms with Crippen molar-refractivity contribution in [3.05, 3.63) is 35.4 Å². The molecule has 1 amide bonds. The fraction of sp³-hybridized carbons (Fsp3) is 0.562. The number of nitrogens with one attached hydrogen (secondary N) is 1. The van der Waals surface area contributed by atoms with E-state index in [0.717, 1.165) is 6.07 Å². The molecule has 1 saturated heterocycles. The van der Waals surface area contributed by atoms with E-state index < -0.39 is 17.3 Å². The number of hydrogen-bond donors (Lipinski definition) is 1. The highest BCUT2D eigenvalue weighted by Crippen LogP contribution is 2.33. The smallest absolute Gasteiger partial charge is 0.368 e. The average molecular weight is 330 g/mol. The molecule has 1 fully saturated rings. The molecule has 23 heavy (non-hydrogen) atoms. The number of hydrogen-bond acceptors (Lipinski definition) is 3. The van der Waals surface area contributed by atoms with Crippen LogP contribution in [0.1, 0.15) is 24.0 Å². The van der Waals surface area contributed by atoms with Gasteiger partial charge in [0.1, 0.15) is 5.60 Å². The molecule has 128 valence electrons. The van der Waals surface area contributed by atoms with Crippen molar-refractivity contribution in [1.29, 1.82) is 0 Å². The fourth-order valence-electron chi connectivity index (χ4n) is 2.95. The minimum atomic E-state index is -4.44. The van der Waals surface area contributed by atoms with E-state index in [1.54, 1.807) is 6.07 Å². The predicted octanol–water partition coefficient (Wildman–Crippen LogP) is 2.43. The average Bonchev–Trinajstić information content (AvgIpc) is 2.54. The van der Waals surface area contributed by atoms with Gasteiger partial charge in [-0.05, 0) is 37.6 Å². The largest absolute Gasteiger partial charge is 0.416 e. The third-order valence-corrected chi connectivity index (χ3v) is 4.27. The van der Waals surface area contributed by atoms with Crippen LogP contribution in [-0.2, 0) is 22.3 Å². The van der Waals surface area contributed by atoms with Gasteiger partial charge in [-0.2, -0.15) is 13.2 Å². The van der Waals surface area contributed by atoms with Crippen molar-refractivity contribution in [2.45, 2.75) is 31.2 Å². The van der Waals surface area contributed by atoms with Gasteiger partial charge in [-0.25, -0.2) is 0 Å². The number of alkyl halides is 3. The fourth-order valence-corrected chi connectivity index (χ4v) is 2.95. The maximum Gasteiger partial charge on any atom is 0.416 e. The number of ether oxygens (including phenoxy) is 1. The number of methoxy groups -OCH3 is 1. The lowest BCUT2D eigenvalue weighted by molar-refractivity contribution is -0.158. The number of amides is 1. The first-order valence-electron chi connectivity index (χ1n) is 7.47. The summed E-state index contributed by atoms with van der Waals surface area (Å²) in [7, 11) is 2.99. The summed E-state index contributed by atoms with van der Waals surface area (Å²) in [6, 6.07) is 5.32. The van der Waals surface area contributed by atoms with Gasteiger partial charge < -0.3 is 15.0 Å². The highest BCUT2D eigenvalue weighted by Gasteiger charge is 2.42. The van der Waals surface area contributed by atoms with Crippen molar-refractivity contribution in [2.24, 2.45) is 0 Å². The van der Waals surface area contributed by atoms with Crippen molar-refractivity contribution in [3.8, 4) is 0 Å². The van der Waals surface area contributed by atoms with E-state index >= 15 is 0 Å². The summed E-state index contributed by atoms with van der Waals surface area (Å²) >= 11 is 0. The van der Waals surface area contributed by atoms with Crippen molar-refractivity contribution in [3.63, 3.8) is 0 Å². The van der Waals surface area contributed by atoms with E-state index in [4.69, 9.17) is 4.74 Å². The van der Waals surface area contributed by atoms with Gasteiger partial charge in [0.15, 0.2) is 0 Å². The van der Waals surface area contributed by atoms with Crippen molar-refractivity contribution < 1.29 is 22.7 Å². The molecule has 0 atom stereocenters. The Bertz CT molecular complexity index is 555. The molecule has 2 rings (SSSR count). The van der Waals surface area contributed by atoms with Gasteiger partial charge in [-0.1, -0.05) is 18.2 Å². The Labute approximate surface area is 133 Å². The highest BCUT2D eigenvalue weighted by molar-refractivity contribution is 5.85. The molecule has 1 aromatic rings. The molecule has 1 aliphatic rings. The molecule has 0 saturated carbocycles. The second-order valence-electron chi connectivity index (χ2n) is 5.76. The number of piperidine rings is 1. The Morgan fingerprint density at radius 3 is 2.48 bits per heavy atom. The molecule has 0 radical (unpaired) electrons. The van der Waals surface area contributed by atoms with Crippen LogP contribution in [0.5, 0.6) is 0 Å². The zero-order chi connectivity index (χ0) is 17.1. The van der Waals surface area contributed by atoms with E-state index in [1.807, 2.05) is 0 Å². The van der Waals surface area contributed by atoms with Crippen molar-refractivity contribution in [2.75, 3.05) is 27.2 Å². The summed E-state index contributed by atoms with van der Waals surface area (Å²) in [4.78, 5) is 14.0. The van der Waals surface area contributed by atoms with Crippen LogP contribution < -0.4 is 5.32 Å². The summed E-state index contributed by atoms with van der Waals surface area (Å²) in [6.07, 6.45) is -3.42. The zero-order valence-corrected chi connectivity index (χ0v) is 13.2. The first-order valence-corrected chi connectivity index (χ1v) is 7.47. The molecule has 1 N–H and O–H groups in total. The minimum absolute atomic E-state index is 0.0797. The van der Waals surface area contributed by atoms with Crippen LogP contribution in [0, 0.1) is 0 Å². The Morgan fingerprint density at radius 2 is 1.91 bits per heavy atom. The minimum Gasteiger partial charge on any atom is -0.368 e. The Balaban J connectivity index is 2.19. The molecule has 1 aliphatic heterocycles. The van der Waals surface area contributed by atoms with Crippen LogP contribution in [0.25, 0.3) is 0 Å². The molecule has 0 unspecified atom stereocenters.